The lowest BCUT2D eigenvalue weighted by Gasteiger charge is -2.38. The Balaban J connectivity index is 1.58. The molecule has 1 saturated carbocycles. The molecule has 3 atom stereocenters. The first kappa shape index (κ1) is 24.0. The van der Waals surface area contributed by atoms with Gasteiger partial charge in [0.25, 0.3) is 0 Å². The van der Waals surface area contributed by atoms with E-state index in [1.54, 1.807) is 0 Å². The van der Waals surface area contributed by atoms with Crippen molar-refractivity contribution in [2.45, 2.75) is 90.4 Å². The topological polar surface area (TPSA) is 56.4 Å². The van der Waals surface area contributed by atoms with Gasteiger partial charge in [-0.05, 0) is 55.3 Å². The number of nitrogens with zero attached hydrogens (tertiary/aromatic N) is 1. The van der Waals surface area contributed by atoms with Gasteiger partial charge in [0, 0.05) is 31.7 Å². The number of hydrogen-bond acceptors (Lipinski definition) is 3. The summed E-state index contributed by atoms with van der Waals surface area (Å²) in [4.78, 5) is 15.3. The SMILES string of the molecule is CC(C)(C)C(NC(=S)N[C@H]1CCCC[C@@H]1NCc1ccccc1)C(=O)N1CCCCC1. The van der Waals surface area contributed by atoms with E-state index in [2.05, 4.69) is 67.1 Å². The van der Waals surface area contributed by atoms with Gasteiger partial charge in [0.1, 0.15) is 6.04 Å². The predicted molar refractivity (Wildman–Crippen MR) is 132 cm³/mol. The van der Waals surface area contributed by atoms with Crippen molar-refractivity contribution in [3.05, 3.63) is 35.9 Å². The number of amides is 1. The number of piperidine rings is 1. The summed E-state index contributed by atoms with van der Waals surface area (Å²) in [6.07, 6.45) is 8.10. The van der Waals surface area contributed by atoms with Gasteiger partial charge in [-0.2, -0.15) is 0 Å². The molecule has 2 aliphatic rings. The molecular weight excluding hydrogens is 404 g/mol. The number of likely N-dealkylation sites (tertiary alicyclic amines) is 1. The molecule has 1 aliphatic heterocycles. The van der Waals surface area contributed by atoms with Crippen LogP contribution in [0.3, 0.4) is 0 Å². The average molecular weight is 445 g/mol. The van der Waals surface area contributed by atoms with Crippen LogP contribution in [-0.2, 0) is 11.3 Å². The van der Waals surface area contributed by atoms with Crippen LogP contribution in [0.15, 0.2) is 30.3 Å². The molecular formula is C25H40N4OS. The van der Waals surface area contributed by atoms with Crippen molar-refractivity contribution in [1.29, 1.82) is 0 Å². The lowest BCUT2D eigenvalue weighted by Crippen LogP contribution is -2.60. The number of nitrogens with one attached hydrogen (secondary N) is 3. The van der Waals surface area contributed by atoms with E-state index in [4.69, 9.17) is 12.2 Å². The Hall–Kier alpha value is -1.66. The van der Waals surface area contributed by atoms with Crippen LogP contribution in [0.1, 0.15) is 71.3 Å². The van der Waals surface area contributed by atoms with Gasteiger partial charge in [-0.1, -0.05) is 63.9 Å². The number of benzene rings is 1. The highest BCUT2D eigenvalue weighted by Gasteiger charge is 2.36. The van der Waals surface area contributed by atoms with E-state index in [1.807, 2.05) is 4.90 Å². The fraction of sp³-hybridized carbons (Fsp3) is 0.680. The zero-order chi connectivity index (χ0) is 22.3. The lowest BCUT2D eigenvalue weighted by molar-refractivity contribution is -0.136. The third-order valence-electron chi connectivity index (χ3n) is 6.55. The fourth-order valence-corrected chi connectivity index (χ4v) is 4.95. The summed E-state index contributed by atoms with van der Waals surface area (Å²) >= 11 is 5.71. The van der Waals surface area contributed by atoms with Gasteiger partial charge in [0.15, 0.2) is 5.11 Å². The predicted octanol–water partition coefficient (Wildman–Crippen LogP) is 3.98. The van der Waals surface area contributed by atoms with Gasteiger partial charge in [-0.15, -0.1) is 0 Å². The minimum absolute atomic E-state index is 0.179. The first-order chi connectivity index (χ1) is 14.8. The van der Waals surface area contributed by atoms with E-state index in [0.29, 0.717) is 11.2 Å². The lowest BCUT2D eigenvalue weighted by atomic mass is 9.85. The van der Waals surface area contributed by atoms with Crippen molar-refractivity contribution in [1.82, 2.24) is 20.9 Å². The molecule has 1 aliphatic carbocycles. The van der Waals surface area contributed by atoms with Crippen LogP contribution in [0, 0.1) is 5.41 Å². The molecule has 1 heterocycles. The summed E-state index contributed by atoms with van der Waals surface area (Å²) in [5.74, 6) is 0.179. The molecule has 0 spiro atoms. The van der Waals surface area contributed by atoms with E-state index in [1.165, 1.54) is 24.8 Å². The Labute approximate surface area is 193 Å². The van der Waals surface area contributed by atoms with Gasteiger partial charge in [0.05, 0.1) is 0 Å². The molecule has 1 aromatic rings. The summed E-state index contributed by atoms with van der Waals surface area (Å²) in [6.45, 7) is 8.92. The summed E-state index contributed by atoms with van der Waals surface area (Å²) < 4.78 is 0. The third kappa shape index (κ3) is 7.18. The van der Waals surface area contributed by atoms with Crippen LogP contribution in [0.25, 0.3) is 0 Å². The molecule has 0 radical (unpaired) electrons. The molecule has 2 fully saturated rings. The van der Waals surface area contributed by atoms with Crippen molar-refractivity contribution in [3.63, 3.8) is 0 Å². The van der Waals surface area contributed by atoms with Crippen molar-refractivity contribution < 1.29 is 4.79 Å². The van der Waals surface area contributed by atoms with E-state index in [9.17, 15) is 4.79 Å². The van der Waals surface area contributed by atoms with Gasteiger partial charge < -0.3 is 20.9 Å². The second-order valence-electron chi connectivity index (χ2n) is 10.2. The average Bonchev–Trinajstić information content (AvgIpc) is 2.77. The van der Waals surface area contributed by atoms with E-state index < -0.39 is 0 Å². The molecule has 0 bridgehead atoms. The zero-order valence-corrected chi connectivity index (χ0v) is 20.3. The highest BCUT2D eigenvalue weighted by Crippen LogP contribution is 2.24. The van der Waals surface area contributed by atoms with Gasteiger partial charge in [-0.3, -0.25) is 4.79 Å². The summed E-state index contributed by atoms with van der Waals surface area (Å²) in [5, 5.41) is 11.3. The molecule has 1 amide bonds. The smallest absolute Gasteiger partial charge is 0.245 e. The molecule has 1 unspecified atom stereocenters. The zero-order valence-electron chi connectivity index (χ0n) is 19.5. The normalized spacial score (nSPS) is 23.1. The molecule has 3 N–H and O–H groups in total. The molecule has 1 saturated heterocycles. The van der Waals surface area contributed by atoms with Crippen molar-refractivity contribution in [2.75, 3.05) is 13.1 Å². The number of carbonyl (C=O) groups is 1. The van der Waals surface area contributed by atoms with Crippen LogP contribution < -0.4 is 16.0 Å². The first-order valence-electron chi connectivity index (χ1n) is 12.0. The Bertz CT molecular complexity index is 712. The minimum Gasteiger partial charge on any atom is -0.358 e. The summed E-state index contributed by atoms with van der Waals surface area (Å²) in [7, 11) is 0. The fourth-order valence-electron chi connectivity index (χ4n) is 4.68. The number of thiocarbonyl (C=S) groups is 1. The second kappa shape index (κ2) is 11.3. The Morgan fingerprint density at radius 3 is 2.32 bits per heavy atom. The Morgan fingerprint density at radius 1 is 1.03 bits per heavy atom. The molecule has 3 rings (SSSR count). The molecule has 6 heteroatoms. The second-order valence-corrected chi connectivity index (χ2v) is 10.6. The van der Waals surface area contributed by atoms with Crippen molar-refractivity contribution in [3.8, 4) is 0 Å². The molecule has 5 nitrogen and oxygen atoms in total. The van der Waals surface area contributed by atoms with Gasteiger partial charge >= 0.3 is 0 Å². The standard InChI is InChI=1S/C25H40N4OS/c1-25(2,3)22(23(30)29-16-10-5-11-17-29)28-24(31)27-21-15-9-8-14-20(21)26-18-19-12-6-4-7-13-19/h4,6-7,12-13,20-22,26H,5,8-11,14-18H2,1-3H3,(H2,27,28,31)/t20-,21-,22?/m0/s1. The van der Waals surface area contributed by atoms with E-state index >= 15 is 0 Å². The maximum absolute atomic E-state index is 13.3. The first-order valence-corrected chi connectivity index (χ1v) is 12.4. The van der Waals surface area contributed by atoms with Crippen LogP contribution in [0.5, 0.6) is 0 Å². The monoisotopic (exact) mass is 444 g/mol. The van der Waals surface area contributed by atoms with Gasteiger partial charge in [0.2, 0.25) is 5.91 Å². The Morgan fingerprint density at radius 2 is 1.68 bits per heavy atom. The molecule has 0 aromatic heterocycles. The van der Waals surface area contributed by atoms with Crippen molar-refractivity contribution >= 4 is 23.2 Å². The summed E-state index contributed by atoms with van der Waals surface area (Å²) in [6, 6.07) is 10.9. The molecule has 172 valence electrons. The van der Waals surface area contributed by atoms with Crippen LogP contribution in [0.4, 0.5) is 0 Å². The quantitative estimate of drug-likeness (QED) is 0.580. The molecule has 31 heavy (non-hydrogen) atoms. The highest BCUT2D eigenvalue weighted by atomic mass is 32.1. The minimum atomic E-state index is -0.315. The third-order valence-corrected chi connectivity index (χ3v) is 6.79. The number of rotatable bonds is 6. The number of hydrogen-bond donors (Lipinski definition) is 3. The van der Waals surface area contributed by atoms with Crippen LogP contribution >= 0.6 is 12.2 Å². The van der Waals surface area contributed by atoms with Crippen LogP contribution in [0.2, 0.25) is 0 Å². The highest BCUT2D eigenvalue weighted by molar-refractivity contribution is 7.80. The molecule has 1 aromatic carbocycles. The van der Waals surface area contributed by atoms with Crippen LogP contribution in [-0.4, -0.2) is 47.1 Å². The van der Waals surface area contributed by atoms with Crippen molar-refractivity contribution in [2.24, 2.45) is 5.41 Å². The largest absolute Gasteiger partial charge is 0.358 e. The maximum Gasteiger partial charge on any atom is 0.245 e. The van der Waals surface area contributed by atoms with E-state index in [-0.39, 0.29) is 23.4 Å². The number of carbonyl (C=O) groups excluding carboxylic acids is 1. The van der Waals surface area contributed by atoms with E-state index in [0.717, 1.165) is 45.3 Å². The maximum atomic E-state index is 13.3. The van der Waals surface area contributed by atoms with Gasteiger partial charge in [-0.25, -0.2) is 0 Å². The summed E-state index contributed by atoms with van der Waals surface area (Å²) in [5.41, 5.74) is 1.09. The Kier molecular flexibility index (Phi) is 8.73.